The number of nitrogens with one attached hydrogen (secondary N) is 1. The van der Waals surface area contributed by atoms with Crippen molar-refractivity contribution in [3.63, 3.8) is 0 Å². The number of ether oxygens (including phenoxy) is 2. The quantitative estimate of drug-likeness (QED) is 0.569. The molecule has 142 valence electrons. The Balaban J connectivity index is 1.79. The number of aryl methyl sites for hydroxylation is 2. The van der Waals surface area contributed by atoms with Crippen LogP contribution in [0, 0.1) is 13.8 Å². The first-order valence-corrected chi connectivity index (χ1v) is 8.59. The van der Waals surface area contributed by atoms with E-state index < -0.39 is 18.5 Å². The molecule has 0 heterocycles. The standard InChI is InChI=1S/C21H23NO5/c1-14-8-9-15(2)16(12-14)18(23)10-11-21(25)27-13-20(24)22-17-6-4-5-7-19(17)26-3/h4-9,12H,10-11,13H2,1-3H3,(H,22,24). The van der Waals surface area contributed by atoms with E-state index in [1.165, 1.54) is 7.11 Å². The van der Waals surface area contributed by atoms with Crippen molar-refractivity contribution in [2.45, 2.75) is 26.7 Å². The zero-order chi connectivity index (χ0) is 19.8. The van der Waals surface area contributed by atoms with Crippen molar-refractivity contribution in [3.8, 4) is 5.75 Å². The summed E-state index contributed by atoms with van der Waals surface area (Å²) < 4.78 is 10.1. The highest BCUT2D eigenvalue weighted by molar-refractivity contribution is 5.99. The molecule has 2 aromatic rings. The number of esters is 1. The average molecular weight is 369 g/mol. The predicted octanol–water partition coefficient (Wildman–Crippen LogP) is 3.46. The maximum atomic E-state index is 12.3. The van der Waals surface area contributed by atoms with E-state index >= 15 is 0 Å². The number of methoxy groups -OCH3 is 1. The van der Waals surface area contributed by atoms with Crippen LogP contribution in [0.15, 0.2) is 42.5 Å². The Labute approximate surface area is 158 Å². The Morgan fingerprint density at radius 2 is 1.74 bits per heavy atom. The Hall–Kier alpha value is -3.15. The van der Waals surface area contributed by atoms with E-state index in [1.54, 1.807) is 24.3 Å². The van der Waals surface area contributed by atoms with Crippen molar-refractivity contribution in [1.29, 1.82) is 0 Å². The van der Waals surface area contributed by atoms with Gasteiger partial charge in [-0.2, -0.15) is 0 Å². The molecular formula is C21H23NO5. The third-order valence-corrected chi connectivity index (χ3v) is 3.99. The molecule has 0 spiro atoms. The van der Waals surface area contributed by atoms with Gasteiger partial charge in [0.05, 0.1) is 19.2 Å². The number of hydrogen-bond donors (Lipinski definition) is 1. The van der Waals surface area contributed by atoms with Gasteiger partial charge in [0.1, 0.15) is 5.75 Å². The summed E-state index contributed by atoms with van der Waals surface area (Å²) in [5.41, 5.74) is 2.96. The molecule has 0 unspecified atom stereocenters. The van der Waals surface area contributed by atoms with Crippen LogP contribution in [0.4, 0.5) is 5.69 Å². The summed E-state index contributed by atoms with van der Waals surface area (Å²) >= 11 is 0. The second-order valence-corrected chi connectivity index (χ2v) is 6.15. The van der Waals surface area contributed by atoms with Crippen molar-refractivity contribution in [1.82, 2.24) is 0 Å². The summed E-state index contributed by atoms with van der Waals surface area (Å²) in [6, 6.07) is 12.5. The number of hydrogen-bond acceptors (Lipinski definition) is 5. The van der Waals surface area contributed by atoms with Gasteiger partial charge in [-0.1, -0.05) is 29.8 Å². The van der Waals surface area contributed by atoms with E-state index in [0.717, 1.165) is 11.1 Å². The third kappa shape index (κ3) is 5.95. The molecule has 0 aliphatic carbocycles. The molecule has 0 saturated carbocycles. The fourth-order valence-corrected chi connectivity index (χ4v) is 2.54. The van der Waals surface area contributed by atoms with E-state index in [0.29, 0.717) is 17.0 Å². The first-order chi connectivity index (χ1) is 12.9. The summed E-state index contributed by atoms with van der Waals surface area (Å²) in [5, 5.41) is 2.61. The predicted molar refractivity (Wildman–Crippen MR) is 102 cm³/mol. The van der Waals surface area contributed by atoms with Crippen LogP contribution in [-0.4, -0.2) is 31.4 Å². The molecule has 1 amide bonds. The highest BCUT2D eigenvalue weighted by Crippen LogP contribution is 2.22. The zero-order valence-corrected chi connectivity index (χ0v) is 15.7. The van der Waals surface area contributed by atoms with Gasteiger partial charge in [0.2, 0.25) is 0 Å². The second-order valence-electron chi connectivity index (χ2n) is 6.15. The molecule has 27 heavy (non-hydrogen) atoms. The molecule has 6 nitrogen and oxygen atoms in total. The molecule has 0 bridgehead atoms. The normalized spacial score (nSPS) is 10.2. The van der Waals surface area contributed by atoms with Crippen LogP contribution in [0.3, 0.4) is 0 Å². The third-order valence-electron chi connectivity index (χ3n) is 3.99. The van der Waals surface area contributed by atoms with Crippen LogP contribution >= 0.6 is 0 Å². The number of anilines is 1. The molecule has 1 N–H and O–H groups in total. The number of amides is 1. The Morgan fingerprint density at radius 3 is 2.48 bits per heavy atom. The van der Waals surface area contributed by atoms with Crippen molar-refractivity contribution < 1.29 is 23.9 Å². The van der Waals surface area contributed by atoms with Crippen molar-refractivity contribution >= 4 is 23.3 Å². The van der Waals surface area contributed by atoms with E-state index in [4.69, 9.17) is 9.47 Å². The smallest absolute Gasteiger partial charge is 0.306 e. The van der Waals surface area contributed by atoms with Crippen molar-refractivity contribution in [3.05, 3.63) is 59.2 Å². The zero-order valence-electron chi connectivity index (χ0n) is 15.7. The van der Waals surface area contributed by atoms with Gasteiger partial charge < -0.3 is 14.8 Å². The molecule has 2 rings (SSSR count). The molecule has 0 aliphatic rings. The van der Waals surface area contributed by atoms with E-state index in [2.05, 4.69) is 5.32 Å². The number of Topliss-reactive ketones (excluding diaryl/α,β-unsaturated/α-hetero) is 1. The van der Waals surface area contributed by atoms with Crippen LogP contribution < -0.4 is 10.1 Å². The van der Waals surface area contributed by atoms with Crippen LogP contribution in [0.25, 0.3) is 0 Å². The maximum absolute atomic E-state index is 12.3. The number of ketones is 1. The SMILES string of the molecule is COc1ccccc1NC(=O)COC(=O)CCC(=O)c1cc(C)ccc1C. The molecule has 0 fully saturated rings. The van der Waals surface area contributed by atoms with Crippen LogP contribution in [0.1, 0.15) is 34.3 Å². The average Bonchev–Trinajstić information content (AvgIpc) is 2.66. The Morgan fingerprint density at radius 1 is 1.00 bits per heavy atom. The lowest BCUT2D eigenvalue weighted by atomic mass is 9.99. The van der Waals surface area contributed by atoms with Crippen molar-refractivity contribution in [2.75, 3.05) is 19.0 Å². The van der Waals surface area contributed by atoms with E-state index in [-0.39, 0.29) is 18.6 Å². The van der Waals surface area contributed by atoms with Gasteiger partial charge >= 0.3 is 5.97 Å². The monoisotopic (exact) mass is 369 g/mol. The fraction of sp³-hybridized carbons (Fsp3) is 0.286. The van der Waals surface area contributed by atoms with Gasteiger partial charge in [0.25, 0.3) is 5.91 Å². The second kappa shape index (κ2) is 9.52. The number of rotatable bonds is 8. The fourth-order valence-electron chi connectivity index (χ4n) is 2.54. The van der Waals surface area contributed by atoms with Gasteiger partial charge in [0.15, 0.2) is 12.4 Å². The van der Waals surface area contributed by atoms with E-state index in [1.807, 2.05) is 32.0 Å². The maximum Gasteiger partial charge on any atom is 0.306 e. The Bertz CT molecular complexity index is 844. The first kappa shape index (κ1) is 20.2. The highest BCUT2D eigenvalue weighted by Gasteiger charge is 2.14. The van der Waals surface area contributed by atoms with Gasteiger partial charge in [-0.05, 0) is 37.6 Å². The minimum atomic E-state index is -0.594. The molecule has 0 saturated heterocycles. The molecule has 0 radical (unpaired) electrons. The number of para-hydroxylation sites is 2. The van der Waals surface area contributed by atoms with Gasteiger partial charge in [0, 0.05) is 12.0 Å². The molecule has 0 aromatic heterocycles. The molecule has 0 atom stereocenters. The highest BCUT2D eigenvalue weighted by atomic mass is 16.5. The number of carbonyl (C=O) groups excluding carboxylic acids is 3. The lowest BCUT2D eigenvalue weighted by molar-refractivity contribution is -0.147. The summed E-state index contributed by atoms with van der Waals surface area (Å²) in [6.07, 6.45) is -0.0363. The first-order valence-electron chi connectivity index (χ1n) is 8.59. The van der Waals surface area contributed by atoms with Crippen LogP contribution in [0.2, 0.25) is 0 Å². The Kier molecular flexibility index (Phi) is 7.11. The number of benzene rings is 2. The van der Waals surface area contributed by atoms with Crippen molar-refractivity contribution in [2.24, 2.45) is 0 Å². The largest absolute Gasteiger partial charge is 0.495 e. The van der Waals surface area contributed by atoms with E-state index in [9.17, 15) is 14.4 Å². The van der Waals surface area contributed by atoms with Crippen LogP contribution in [0.5, 0.6) is 5.75 Å². The summed E-state index contributed by atoms with van der Waals surface area (Å²) in [5.74, 6) is -0.680. The molecule has 0 aliphatic heterocycles. The summed E-state index contributed by atoms with van der Waals surface area (Å²) in [6.45, 7) is 3.34. The lowest BCUT2D eigenvalue weighted by Gasteiger charge is -2.10. The minimum Gasteiger partial charge on any atom is -0.495 e. The lowest BCUT2D eigenvalue weighted by Crippen LogP contribution is -2.21. The van der Waals surface area contributed by atoms with Gasteiger partial charge in [-0.15, -0.1) is 0 Å². The molecule has 2 aromatic carbocycles. The topological polar surface area (TPSA) is 81.7 Å². The van der Waals surface area contributed by atoms with Gasteiger partial charge in [-0.3, -0.25) is 14.4 Å². The van der Waals surface area contributed by atoms with Gasteiger partial charge in [-0.25, -0.2) is 0 Å². The molecule has 6 heteroatoms. The van der Waals surface area contributed by atoms with Crippen LogP contribution in [-0.2, 0) is 14.3 Å². The summed E-state index contributed by atoms with van der Waals surface area (Å²) in [7, 11) is 1.50. The minimum absolute atomic E-state index is 0.0389. The summed E-state index contributed by atoms with van der Waals surface area (Å²) in [4.78, 5) is 36.0. The molecular weight excluding hydrogens is 346 g/mol. The number of carbonyl (C=O) groups is 3.